The van der Waals surface area contributed by atoms with Crippen LogP contribution in [0.2, 0.25) is 0 Å². The van der Waals surface area contributed by atoms with Crippen molar-refractivity contribution in [3.8, 4) is 11.4 Å². The predicted octanol–water partition coefficient (Wildman–Crippen LogP) is 1.92. The Balaban J connectivity index is 1.49. The van der Waals surface area contributed by atoms with Gasteiger partial charge in [0.2, 0.25) is 5.91 Å². The van der Waals surface area contributed by atoms with E-state index in [4.69, 9.17) is 4.98 Å². The summed E-state index contributed by atoms with van der Waals surface area (Å²) in [5.41, 5.74) is 2.65. The molecule has 0 aliphatic heterocycles. The van der Waals surface area contributed by atoms with Crippen LogP contribution in [0, 0.1) is 0 Å². The van der Waals surface area contributed by atoms with E-state index < -0.39 is 15.7 Å². The predicted molar refractivity (Wildman–Crippen MR) is 138 cm³/mol. The zero-order chi connectivity index (χ0) is 26.6. The second-order valence-electron chi connectivity index (χ2n) is 8.48. The number of fused-ring (bicyclic) bond motifs is 1. The van der Waals surface area contributed by atoms with Crippen molar-refractivity contribution < 1.29 is 18.0 Å². The molecule has 4 aromatic rings. The second kappa shape index (κ2) is 10.7. The van der Waals surface area contributed by atoms with E-state index in [1.54, 1.807) is 32.4 Å². The van der Waals surface area contributed by atoms with Crippen molar-refractivity contribution in [2.45, 2.75) is 11.4 Å². The first-order valence-corrected chi connectivity index (χ1v) is 13.1. The van der Waals surface area contributed by atoms with Crippen molar-refractivity contribution in [1.29, 1.82) is 0 Å². The molecule has 0 saturated heterocycles. The molecule has 0 saturated carbocycles. The lowest BCUT2D eigenvalue weighted by Crippen LogP contribution is -2.28. The van der Waals surface area contributed by atoms with Crippen LogP contribution in [0.25, 0.3) is 22.3 Å². The van der Waals surface area contributed by atoms with Crippen molar-refractivity contribution in [2.24, 2.45) is 0 Å². The maximum Gasteiger partial charge on any atom is 0.253 e. The fraction of sp³-hybridized carbons (Fsp3) is 0.200. The molecule has 37 heavy (non-hydrogen) atoms. The molecule has 0 aliphatic rings. The average Bonchev–Trinajstić information content (AvgIpc) is 2.89. The topological polar surface area (TPSA) is 147 Å². The van der Waals surface area contributed by atoms with Gasteiger partial charge in [-0.15, -0.1) is 0 Å². The van der Waals surface area contributed by atoms with Crippen LogP contribution in [0.5, 0.6) is 0 Å². The van der Waals surface area contributed by atoms with Crippen molar-refractivity contribution >= 4 is 38.4 Å². The van der Waals surface area contributed by atoms with E-state index in [2.05, 4.69) is 25.6 Å². The molecule has 2 amide bonds. The number of nitrogens with zero attached hydrogens (tertiary/aromatic N) is 5. The Labute approximate surface area is 213 Å². The van der Waals surface area contributed by atoms with Gasteiger partial charge in [-0.2, -0.15) is 0 Å². The van der Waals surface area contributed by atoms with Gasteiger partial charge in [-0.3, -0.25) is 19.6 Å². The first-order valence-electron chi connectivity index (χ1n) is 11.2. The first-order chi connectivity index (χ1) is 17.6. The zero-order valence-electron chi connectivity index (χ0n) is 20.5. The maximum atomic E-state index is 12.5. The number of carbonyl (C=O) groups excluding carboxylic acids is 2. The molecule has 0 fully saturated rings. The van der Waals surface area contributed by atoms with Crippen LogP contribution >= 0.6 is 0 Å². The van der Waals surface area contributed by atoms with E-state index in [0.29, 0.717) is 28.4 Å². The smallest absolute Gasteiger partial charge is 0.253 e. The fourth-order valence-corrected chi connectivity index (χ4v) is 3.91. The highest BCUT2D eigenvalue weighted by molar-refractivity contribution is 7.90. The number of nitrogens with one attached hydrogen (secondary N) is 2. The Morgan fingerprint density at radius 1 is 0.973 bits per heavy atom. The largest absolute Gasteiger partial charge is 0.361 e. The van der Waals surface area contributed by atoms with Crippen molar-refractivity contribution in [2.75, 3.05) is 32.2 Å². The zero-order valence-corrected chi connectivity index (χ0v) is 21.3. The van der Waals surface area contributed by atoms with Crippen molar-refractivity contribution in [3.63, 3.8) is 0 Å². The Bertz CT molecular complexity index is 1590. The van der Waals surface area contributed by atoms with Gasteiger partial charge in [0.1, 0.15) is 5.82 Å². The third-order valence-corrected chi connectivity index (χ3v) is 6.47. The molecule has 11 nitrogen and oxygen atoms in total. The number of aromatic nitrogens is 4. The summed E-state index contributed by atoms with van der Waals surface area (Å²) in [6.07, 6.45) is 5.22. The average molecular weight is 520 g/mol. The highest BCUT2D eigenvalue weighted by atomic mass is 32.2. The molecule has 12 heteroatoms. The number of hydrogen-bond donors (Lipinski definition) is 2. The Hall–Kier alpha value is -4.45. The van der Waals surface area contributed by atoms with Crippen LogP contribution in [0.1, 0.15) is 16.1 Å². The van der Waals surface area contributed by atoms with Gasteiger partial charge in [-0.05, 0) is 36.4 Å². The quantitative estimate of drug-likeness (QED) is 0.356. The molecular formula is C25H25N7O4S. The van der Waals surface area contributed by atoms with E-state index in [-0.39, 0.29) is 29.5 Å². The standard InChI is InChI=1S/C25H25N7O4S/c1-32(2)24(33)15-28-23-6-4-5-20(31-23)21-8-7-16-12-27-18(10-22(16)30-21)13-29-25(34)17-9-19(14-26-11-17)37(3,35)36/h4-12,14H,13,15H2,1-3H3,(H,28,31)(H,29,34). The summed E-state index contributed by atoms with van der Waals surface area (Å²) < 4.78 is 23.5. The van der Waals surface area contributed by atoms with Gasteiger partial charge in [0.25, 0.3) is 5.91 Å². The molecule has 190 valence electrons. The summed E-state index contributed by atoms with van der Waals surface area (Å²) in [5.74, 6) is 0.0209. The van der Waals surface area contributed by atoms with E-state index in [0.717, 1.165) is 11.6 Å². The van der Waals surface area contributed by atoms with Gasteiger partial charge < -0.3 is 15.5 Å². The molecule has 0 radical (unpaired) electrons. The molecule has 0 atom stereocenters. The number of amides is 2. The number of pyridine rings is 4. The molecule has 4 heterocycles. The monoisotopic (exact) mass is 519 g/mol. The Morgan fingerprint density at radius 2 is 1.76 bits per heavy atom. The maximum absolute atomic E-state index is 12.5. The van der Waals surface area contributed by atoms with Gasteiger partial charge in [0.15, 0.2) is 9.84 Å². The number of carbonyl (C=O) groups is 2. The third-order valence-electron chi connectivity index (χ3n) is 5.39. The number of hydrogen-bond acceptors (Lipinski definition) is 9. The summed E-state index contributed by atoms with van der Waals surface area (Å²) in [6.45, 7) is 0.241. The molecular weight excluding hydrogens is 494 g/mol. The van der Waals surface area contributed by atoms with Gasteiger partial charge in [-0.1, -0.05) is 6.07 Å². The second-order valence-corrected chi connectivity index (χ2v) is 10.5. The SMILES string of the molecule is CN(C)C(=O)CNc1cccc(-c2ccc3cnc(CNC(=O)c4cncc(S(C)(=O)=O)c4)cc3n2)n1. The minimum Gasteiger partial charge on any atom is -0.361 e. The summed E-state index contributed by atoms with van der Waals surface area (Å²) in [7, 11) is -0.101. The molecule has 2 N–H and O–H groups in total. The van der Waals surface area contributed by atoms with Gasteiger partial charge in [0.05, 0.1) is 46.1 Å². The van der Waals surface area contributed by atoms with Crippen LogP contribution in [0.3, 0.4) is 0 Å². The molecule has 4 rings (SSSR count). The molecule has 0 bridgehead atoms. The third kappa shape index (κ3) is 6.41. The molecule has 0 spiro atoms. The van der Waals surface area contributed by atoms with Gasteiger partial charge in [-0.25, -0.2) is 18.4 Å². The van der Waals surface area contributed by atoms with E-state index in [1.165, 1.54) is 23.4 Å². The van der Waals surface area contributed by atoms with Crippen LogP contribution in [0.15, 0.2) is 66.0 Å². The minimum absolute atomic E-state index is 0.0297. The first kappa shape index (κ1) is 25.6. The van der Waals surface area contributed by atoms with Gasteiger partial charge >= 0.3 is 0 Å². The lowest BCUT2D eigenvalue weighted by Gasteiger charge is -2.12. The molecule has 0 aliphatic carbocycles. The highest BCUT2D eigenvalue weighted by Gasteiger charge is 2.13. The Morgan fingerprint density at radius 3 is 2.51 bits per heavy atom. The molecule has 0 unspecified atom stereocenters. The number of sulfone groups is 1. The van der Waals surface area contributed by atoms with Crippen molar-refractivity contribution in [3.05, 3.63) is 72.3 Å². The summed E-state index contributed by atoms with van der Waals surface area (Å²) in [6, 6.07) is 12.2. The van der Waals surface area contributed by atoms with Crippen LogP contribution in [-0.2, 0) is 21.2 Å². The van der Waals surface area contributed by atoms with Crippen LogP contribution in [0.4, 0.5) is 5.82 Å². The summed E-state index contributed by atoms with van der Waals surface area (Å²) >= 11 is 0. The Kier molecular flexibility index (Phi) is 7.39. The summed E-state index contributed by atoms with van der Waals surface area (Å²) in [5, 5.41) is 6.56. The van der Waals surface area contributed by atoms with E-state index >= 15 is 0 Å². The van der Waals surface area contributed by atoms with Crippen molar-refractivity contribution in [1.82, 2.24) is 30.2 Å². The molecule has 0 aromatic carbocycles. The highest BCUT2D eigenvalue weighted by Crippen LogP contribution is 2.21. The number of rotatable bonds is 8. The fourth-order valence-electron chi connectivity index (χ4n) is 3.32. The van der Waals surface area contributed by atoms with Gasteiger partial charge in [0, 0.05) is 44.3 Å². The lowest BCUT2D eigenvalue weighted by atomic mass is 10.2. The van der Waals surface area contributed by atoms with Crippen LogP contribution < -0.4 is 10.6 Å². The number of likely N-dealkylation sites (N-methyl/N-ethyl adjacent to an activating group) is 1. The number of anilines is 1. The van der Waals surface area contributed by atoms with E-state index in [1.807, 2.05) is 24.3 Å². The minimum atomic E-state index is -3.48. The molecule has 4 aromatic heterocycles. The van der Waals surface area contributed by atoms with Crippen LogP contribution in [-0.4, -0.2) is 72.0 Å². The summed E-state index contributed by atoms with van der Waals surface area (Å²) in [4.78, 5) is 43.3. The van der Waals surface area contributed by atoms with E-state index in [9.17, 15) is 18.0 Å². The normalized spacial score (nSPS) is 11.2. The lowest BCUT2D eigenvalue weighted by molar-refractivity contribution is -0.126.